The zero-order valence-corrected chi connectivity index (χ0v) is 20.4. The van der Waals surface area contributed by atoms with E-state index in [1.807, 2.05) is 6.92 Å². The third-order valence-corrected chi connectivity index (χ3v) is 7.43. The number of nitrogens with zero attached hydrogens (tertiary/aromatic N) is 1. The lowest BCUT2D eigenvalue weighted by atomic mass is 9.84. The highest BCUT2D eigenvalue weighted by molar-refractivity contribution is 5.90. The Hall–Kier alpha value is -3.09. The maximum Gasteiger partial charge on any atom is 0.242 e. The molecule has 7 heteroatoms. The van der Waals surface area contributed by atoms with Crippen molar-refractivity contribution in [3.8, 4) is 5.75 Å². The Kier molecular flexibility index (Phi) is 8.26. The predicted molar refractivity (Wildman–Crippen MR) is 135 cm³/mol. The molecule has 0 spiro atoms. The number of benzene rings is 2. The molecule has 0 bridgehead atoms. The second-order valence-corrected chi connectivity index (χ2v) is 9.92. The number of aromatic hydroxyl groups is 1. The maximum absolute atomic E-state index is 13.5. The third-order valence-electron chi connectivity index (χ3n) is 7.43. The van der Waals surface area contributed by atoms with Crippen LogP contribution in [0, 0.1) is 11.7 Å². The average molecular weight is 482 g/mol. The molecule has 35 heavy (non-hydrogen) atoms. The fourth-order valence-electron chi connectivity index (χ4n) is 5.31. The zero-order chi connectivity index (χ0) is 24.8. The van der Waals surface area contributed by atoms with Gasteiger partial charge in [-0.2, -0.15) is 0 Å². The van der Waals surface area contributed by atoms with Gasteiger partial charge in [0.15, 0.2) is 0 Å². The van der Waals surface area contributed by atoms with Crippen LogP contribution in [0.15, 0.2) is 42.5 Å². The first-order chi connectivity index (χ1) is 16.9. The molecule has 0 saturated heterocycles. The summed E-state index contributed by atoms with van der Waals surface area (Å²) in [5, 5.41) is 15.6. The van der Waals surface area contributed by atoms with Crippen molar-refractivity contribution in [1.82, 2.24) is 10.6 Å². The molecular formula is C28H36FN3O3. The fraction of sp³-hybridized carbons (Fsp3) is 0.500. The summed E-state index contributed by atoms with van der Waals surface area (Å²) in [4.78, 5) is 28.4. The number of hydrogen-bond donors (Lipinski definition) is 3. The van der Waals surface area contributed by atoms with Crippen molar-refractivity contribution in [3.63, 3.8) is 0 Å². The van der Waals surface area contributed by atoms with E-state index in [1.54, 1.807) is 36.4 Å². The Morgan fingerprint density at radius 2 is 1.83 bits per heavy atom. The van der Waals surface area contributed by atoms with Crippen molar-refractivity contribution in [3.05, 3.63) is 59.4 Å². The highest BCUT2D eigenvalue weighted by Gasteiger charge is 2.28. The number of anilines is 1. The lowest BCUT2D eigenvalue weighted by molar-refractivity contribution is -0.130. The minimum Gasteiger partial charge on any atom is -0.508 e. The van der Waals surface area contributed by atoms with Gasteiger partial charge in [-0.1, -0.05) is 44.2 Å². The van der Waals surface area contributed by atoms with Crippen molar-refractivity contribution >= 4 is 17.5 Å². The largest absolute Gasteiger partial charge is 0.508 e. The highest BCUT2D eigenvalue weighted by atomic mass is 19.1. The molecule has 2 amide bonds. The van der Waals surface area contributed by atoms with Crippen LogP contribution in [-0.4, -0.2) is 42.6 Å². The monoisotopic (exact) mass is 481 g/mol. The Morgan fingerprint density at radius 3 is 2.57 bits per heavy atom. The summed E-state index contributed by atoms with van der Waals surface area (Å²) >= 11 is 0. The van der Waals surface area contributed by atoms with E-state index in [4.69, 9.17) is 0 Å². The first-order valence-electron chi connectivity index (χ1n) is 12.8. The summed E-state index contributed by atoms with van der Waals surface area (Å²) in [5.41, 5.74) is 2.82. The number of hydrogen-bond acceptors (Lipinski definition) is 4. The molecule has 2 atom stereocenters. The van der Waals surface area contributed by atoms with Gasteiger partial charge in [0.25, 0.3) is 0 Å². The quantitative estimate of drug-likeness (QED) is 0.500. The van der Waals surface area contributed by atoms with E-state index in [0.29, 0.717) is 25.4 Å². The molecule has 2 aromatic rings. The first kappa shape index (κ1) is 25.0. The number of halogens is 1. The smallest absolute Gasteiger partial charge is 0.242 e. The van der Waals surface area contributed by atoms with Crippen LogP contribution in [0.4, 0.5) is 10.1 Å². The predicted octanol–water partition coefficient (Wildman–Crippen LogP) is 4.27. The molecule has 0 aromatic heterocycles. The molecular weight excluding hydrogens is 445 g/mol. The van der Waals surface area contributed by atoms with Crippen molar-refractivity contribution in [1.29, 1.82) is 0 Å². The van der Waals surface area contributed by atoms with E-state index in [2.05, 4.69) is 15.5 Å². The molecule has 1 aliphatic carbocycles. The van der Waals surface area contributed by atoms with E-state index in [1.165, 1.54) is 25.3 Å². The number of amides is 2. The molecule has 0 radical (unpaired) electrons. The zero-order valence-electron chi connectivity index (χ0n) is 20.4. The number of rotatable bonds is 9. The van der Waals surface area contributed by atoms with E-state index in [-0.39, 0.29) is 23.4 Å². The van der Waals surface area contributed by atoms with Crippen LogP contribution in [0.5, 0.6) is 5.75 Å². The number of phenols is 1. The van der Waals surface area contributed by atoms with Crippen molar-refractivity contribution < 1.29 is 19.1 Å². The Morgan fingerprint density at radius 1 is 1.09 bits per heavy atom. The van der Waals surface area contributed by atoms with E-state index in [0.717, 1.165) is 42.6 Å². The van der Waals surface area contributed by atoms with Gasteiger partial charge in [0.2, 0.25) is 11.8 Å². The first-order valence-corrected chi connectivity index (χ1v) is 12.8. The van der Waals surface area contributed by atoms with Gasteiger partial charge in [-0.25, -0.2) is 4.39 Å². The molecule has 6 nitrogen and oxygen atoms in total. The van der Waals surface area contributed by atoms with Crippen LogP contribution in [0.1, 0.15) is 62.5 Å². The summed E-state index contributed by atoms with van der Waals surface area (Å²) in [7, 11) is 0. The summed E-state index contributed by atoms with van der Waals surface area (Å²) in [5.74, 6) is -0.409. The number of phenolic OH excluding ortho intramolecular Hbond substituents is 1. The minimum atomic E-state index is -0.579. The van der Waals surface area contributed by atoms with Crippen molar-refractivity contribution in [2.24, 2.45) is 5.92 Å². The van der Waals surface area contributed by atoms with Crippen LogP contribution >= 0.6 is 0 Å². The lowest BCUT2D eigenvalue weighted by Crippen LogP contribution is -2.50. The van der Waals surface area contributed by atoms with Crippen LogP contribution < -0.4 is 15.5 Å². The normalized spacial score (nSPS) is 17.5. The standard InChI is InChI=1S/C28H36FN3O3/c1-19(21-7-10-24(33)11-8-21)27(34)31-25(17-20-5-3-2-4-6-20)28(35)30-14-16-32-15-13-22-18-23(29)9-12-26(22)32/h7-12,18-20,25,33H,2-6,13-17H2,1H3,(H,30,35)(H,31,34)/t19?,25-/m0/s1. The number of carbonyl (C=O) groups excluding carboxylic acids is 2. The summed E-state index contributed by atoms with van der Waals surface area (Å²) in [6, 6.07) is 10.9. The molecule has 1 aliphatic heterocycles. The van der Waals surface area contributed by atoms with Crippen LogP contribution in [0.2, 0.25) is 0 Å². The number of fused-ring (bicyclic) bond motifs is 1. The molecule has 1 unspecified atom stereocenters. The van der Waals surface area contributed by atoms with Gasteiger partial charge >= 0.3 is 0 Å². The molecule has 1 saturated carbocycles. The van der Waals surface area contributed by atoms with Gasteiger partial charge in [0.1, 0.15) is 17.6 Å². The average Bonchev–Trinajstić information content (AvgIpc) is 3.26. The molecule has 1 heterocycles. The van der Waals surface area contributed by atoms with Gasteiger partial charge in [0.05, 0.1) is 5.92 Å². The van der Waals surface area contributed by atoms with Crippen molar-refractivity contribution in [2.45, 2.75) is 63.8 Å². The van der Waals surface area contributed by atoms with Gasteiger partial charge in [-0.3, -0.25) is 9.59 Å². The molecule has 188 valence electrons. The second-order valence-electron chi connectivity index (χ2n) is 9.92. The molecule has 3 N–H and O–H groups in total. The SMILES string of the molecule is CC(C(=O)N[C@@H](CC1CCCCC1)C(=O)NCCN1CCc2cc(F)ccc21)c1ccc(O)cc1. The van der Waals surface area contributed by atoms with Crippen LogP contribution in [-0.2, 0) is 16.0 Å². The van der Waals surface area contributed by atoms with Gasteiger partial charge in [-0.05, 0) is 67.1 Å². The number of carbonyl (C=O) groups is 2. The van der Waals surface area contributed by atoms with Crippen LogP contribution in [0.25, 0.3) is 0 Å². The topological polar surface area (TPSA) is 81.7 Å². The highest BCUT2D eigenvalue weighted by Crippen LogP contribution is 2.29. The fourth-order valence-corrected chi connectivity index (χ4v) is 5.31. The molecule has 1 fully saturated rings. The Bertz CT molecular complexity index is 1020. The van der Waals surface area contributed by atoms with Gasteiger partial charge in [-0.15, -0.1) is 0 Å². The molecule has 2 aromatic carbocycles. The van der Waals surface area contributed by atoms with Gasteiger partial charge < -0.3 is 20.6 Å². The Labute approximate surface area is 206 Å². The van der Waals surface area contributed by atoms with E-state index in [9.17, 15) is 19.1 Å². The molecule has 4 rings (SSSR count). The van der Waals surface area contributed by atoms with Gasteiger partial charge in [0, 0.05) is 25.3 Å². The minimum absolute atomic E-state index is 0.152. The summed E-state index contributed by atoms with van der Waals surface area (Å²) < 4.78 is 13.5. The second kappa shape index (κ2) is 11.6. The number of nitrogens with one attached hydrogen (secondary N) is 2. The van der Waals surface area contributed by atoms with Crippen LogP contribution in [0.3, 0.4) is 0 Å². The van der Waals surface area contributed by atoms with E-state index >= 15 is 0 Å². The van der Waals surface area contributed by atoms with Crippen molar-refractivity contribution in [2.75, 3.05) is 24.5 Å². The lowest BCUT2D eigenvalue weighted by Gasteiger charge is -2.28. The summed E-state index contributed by atoms with van der Waals surface area (Å²) in [6.07, 6.45) is 7.21. The maximum atomic E-state index is 13.5. The summed E-state index contributed by atoms with van der Waals surface area (Å²) in [6.45, 7) is 3.71. The third kappa shape index (κ3) is 6.53. The molecule has 2 aliphatic rings. The Balaban J connectivity index is 1.35. The van der Waals surface area contributed by atoms with E-state index < -0.39 is 12.0 Å².